The predicted molar refractivity (Wildman–Crippen MR) is 71.6 cm³/mol. The molecule has 4 nitrogen and oxygen atoms in total. The number of benzene rings is 1. The number of hydrogen-bond donors (Lipinski definition) is 2. The minimum absolute atomic E-state index is 0.0156. The summed E-state index contributed by atoms with van der Waals surface area (Å²) in [6, 6.07) is 2.13. The third-order valence-electron chi connectivity index (χ3n) is 2.70. The van der Waals surface area contributed by atoms with Crippen molar-refractivity contribution in [3.8, 4) is 0 Å². The van der Waals surface area contributed by atoms with Crippen LogP contribution >= 0.6 is 0 Å². The van der Waals surface area contributed by atoms with Gasteiger partial charge in [-0.3, -0.25) is 0 Å². The quantitative estimate of drug-likeness (QED) is 0.374. The van der Waals surface area contributed by atoms with Crippen LogP contribution in [-0.4, -0.2) is 24.1 Å². The Morgan fingerprint density at radius 1 is 1.37 bits per heavy atom. The summed E-state index contributed by atoms with van der Waals surface area (Å²) in [6.45, 7) is 6.83. The lowest BCUT2D eigenvalue weighted by Crippen LogP contribution is -2.29. The molecule has 0 spiro atoms. The molecule has 1 aromatic carbocycles. The van der Waals surface area contributed by atoms with Gasteiger partial charge >= 0.3 is 0 Å². The minimum atomic E-state index is -0.718. The molecular formula is C13H19F2N3O. The number of amidine groups is 1. The number of anilines is 1. The van der Waals surface area contributed by atoms with Crippen molar-refractivity contribution in [3.05, 3.63) is 29.3 Å². The summed E-state index contributed by atoms with van der Waals surface area (Å²) in [4.78, 5) is 1.63. The number of nitrogens with zero attached hydrogens (tertiary/aromatic N) is 2. The van der Waals surface area contributed by atoms with Gasteiger partial charge in [-0.1, -0.05) is 19.0 Å². The highest BCUT2D eigenvalue weighted by atomic mass is 19.1. The minimum Gasteiger partial charge on any atom is -0.409 e. The molecule has 0 aliphatic carbocycles. The normalized spacial score (nSPS) is 12.0. The largest absolute Gasteiger partial charge is 0.409 e. The van der Waals surface area contributed by atoms with Gasteiger partial charge in [0.2, 0.25) is 0 Å². The van der Waals surface area contributed by atoms with Gasteiger partial charge in [0.05, 0.1) is 0 Å². The molecule has 1 rings (SSSR count). The smallest absolute Gasteiger partial charge is 0.170 e. The van der Waals surface area contributed by atoms with Crippen molar-refractivity contribution in [2.75, 3.05) is 18.0 Å². The maximum absolute atomic E-state index is 14.0. The lowest BCUT2D eigenvalue weighted by Gasteiger charge is -2.26. The first kappa shape index (κ1) is 15.2. The van der Waals surface area contributed by atoms with Crippen LogP contribution in [0.2, 0.25) is 0 Å². The summed E-state index contributed by atoms with van der Waals surface area (Å²) in [5.74, 6) is -1.48. The van der Waals surface area contributed by atoms with E-state index in [-0.39, 0.29) is 23.0 Å². The Kier molecular flexibility index (Phi) is 5.09. The molecule has 106 valence electrons. The zero-order chi connectivity index (χ0) is 14.6. The van der Waals surface area contributed by atoms with Crippen molar-refractivity contribution in [2.45, 2.75) is 20.8 Å². The van der Waals surface area contributed by atoms with Gasteiger partial charge < -0.3 is 15.8 Å². The van der Waals surface area contributed by atoms with Crippen LogP contribution in [0.1, 0.15) is 26.3 Å². The summed E-state index contributed by atoms with van der Waals surface area (Å²) in [7, 11) is 0. The molecule has 0 heterocycles. The van der Waals surface area contributed by atoms with E-state index in [0.29, 0.717) is 13.1 Å². The first-order valence-corrected chi connectivity index (χ1v) is 6.12. The van der Waals surface area contributed by atoms with Crippen LogP contribution in [0, 0.1) is 17.6 Å². The molecule has 0 radical (unpaired) electrons. The average Bonchev–Trinajstić information content (AvgIpc) is 2.34. The molecule has 3 N–H and O–H groups in total. The van der Waals surface area contributed by atoms with E-state index in [2.05, 4.69) is 5.16 Å². The van der Waals surface area contributed by atoms with Crippen LogP contribution in [0.25, 0.3) is 0 Å². The van der Waals surface area contributed by atoms with E-state index in [9.17, 15) is 8.78 Å². The first-order chi connectivity index (χ1) is 8.90. The van der Waals surface area contributed by atoms with Gasteiger partial charge in [0, 0.05) is 18.7 Å². The van der Waals surface area contributed by atoms with Gasteiger partial charge in [-0.15, -0.1) is 0 Å². The molecule has 0 saturated carbocycles. The van der Waals surface area contributed by atoms with Crippen molar-refractivity contribution < 1.29 is 14.0 Å². The highest BCUT2D eigenvalue weighted by molar-refractivity contribution is 5.97. The summed E-state index contributed by atoms with van der Waals surface area (Å²) < 4.78 is 28.0. The van der Waals surface area contributed by atoms with E-state index in [1.54, 1.807) is 4.90 Å². The van der Waals surface area contributed by atoms with E-state index < -0.39 is 11.6 Å². The van der Waals surface area contributed by atoms with Crippen LogP contribution in [0.3, 0.4) is 0 Å². The third-order valence-corrected chi connectivity index (χ3v) is 2.70. The Labute approximate surface area is 111 Å². The number of halogens is 2. The maximum atomic E-state index is 14.0. The van der Waals surface area contributed by atoms with Gasteiger partial charge in [0.1, 0.15) is 17.3 Å². The lowest BCUT2D eigenvalue weighted by molar-refractivity contribution is 0.318. The Balaban J connectivity index is 3.22. The fourth-order valence-corrected chi connectivity index (χ4v) is 1.89. The highest BCUT2D eigenvalue weighted by Crippen LogP contribution is 2.25. The summed E-state index contributed by atoms with van der Waals surface area (Å²) in [6.07, 6.45) is 0. The van der Waals surface area contributed by atoms with Crippen molar-refractivity contribution >= 4 is 11.5 Å². The Morgan fingerprint density at radius 3 is 2.26 bits per heavy atom. The molecule has 0 aliphatic heterocycles. The highest BCUT2D eigenvalue weighted by Gasteiger charge is 2.18. The summed E-state index contributed by atoms with van der Waals surface area (Å²) >= 11 is 0. The molecular weight excluding hydrogens is 252 g/mol. The maximum Gasteiger partial charge on any atom is 0.170 e. The van der Waals surface area contributed by atoms with Crippen LogP contribution in [0.15, 0.2) is 17.3 Å². The SMILES string of the molecule is CCN(CC(C)C)c1c(F)cc(C(N)=NO)cc1F. The second-order valence-electron chi connectivity index (χ2n) is 4.71. The van der Waals surface area contributed by atoms with E-state index in [1.807, 2.05) is 20.8 Å². The standard InChI is InChI=1S/C13H19F2N3O/c1-4-18(7-8(2)3)12-10(14)5-9(6-11(12)15)13(16)17-19/h5-6,8,19H,4,7H2,1-3H3,(H2,16,17). The Morgan fingerprint density at radius 2 is 1.89 bits per heavy atom. The van der Waals surface area contributed by atoms with Crippen LogP contribution in [-0.2, 0) is 0 Å². The number of oxime groups is 1. The summed E-state index contributed by atoms with van der Waals surface area (Å²) in [5.41, 5.74) is 5.26. The molecule has 0 fully saturated rings. The van der Waals surface area contributed by atoms with Gasteiger partial charge in [0.15, 0.2) is 5.84 Å². The van der Waals surface area contributed by atoms with Gasteiger partial charge in [-0.25, -0.2) is 8.78 Å². The fraction of sp³-hybridized carbons (Fsp3) is 0.462. The van der Waals surface area contributed by atoms with Crippen molar-refractivity contribution in [1.82, 2.24) is 0 Å². The second-order valence-corrected chi connectivity index (χ2v) is 4.71. The number of hydrogen-bond acceptors (Lipinski definition) is 3. The molecule has 0 saturated heterocycles. The molecule has 0 amide bonds. The second kappa shape index (κ2) is 6.36. The van der Waals surface area contributed by atoms with Gasteiger partial charge in [-0.05, 0) is 25.0 Å². The monoisotopic (exact) mass is 271 g/mol. The summed E-state index contributed by atoms with van der Waals surface area (Å²) in [5, 5.41) is 11.3. The van der Waals surface area contributed by atoms with E-state index in [0.717, 1.165) is 12.1 Å². The Bertz CT molecular complexity index is 452. The zero-order valence-electron chi connectivity index (χ0n) is 11.3. The van der Waals surface area contributed by atoms with Crippen molar-refractivity contribution in [3.63, 3.8) is 0 Å². The predicted octanol–water partition coefficient (Wildman–Crippen LogP) is 2.54. The van der Waals surface area contributed by atoms with Crippen LogP contribution in [0.5, 0.6) is 0 Å². The van der Waals surface area contributed by atoms with Crippen molar-refractivity contribution in [2.24, 2.45) is 16.8 Å². The number of rotatable bonds is 5. The fourth-order valence-electron chi connectivity index (χ4n) is 1.89. The lowest BCUT2D eigenvalue weighted by atomic mass is 10.1. The molecule has 0 aliphatic rings. The average molecular weight is 271 g/mol. The van der Waals surface area contributed by atoms with Crippen LogP contribution < -0.4 is 10.6 Å². The molecule has 0 atom stereocenters. The molecule has 0 unspecified atom stereocenters. The molecule has 19 heavy (non-hydrogen) atoms. The number of nitrogens with two attached hydrogens (primary N) is 1. The van der Waals surface area contributed by atoms with Crippen molar-refractivity contribution in [1.29, 1.82) is 0 Å². The van der Waals surface area contributed by atoms with E-state index in [1.165, 1.54) is 0 Å². The molecule has 0 bridgehead atoms. The first-order valence-electron chi connectivity index (χ1n) is 6.12. The van der Waals surface area contributed by atoms with Gasteiger partial charge in [-0.2, -0.15) is 0 Å². The molecule has 1 aromatic rings. The van der Waals surface area contributed by atoms with Gasteiger partial charge in [0.25, 0.3) is 0 Å². The molecule has 0 aromatic heterocycles. The zero-order valence-corrected chi connectivity index (χ0v) is 11.3. The van der Waals surface area contributed by atoms with E-state index >= 15 is 0 Å². The molecule has 6 heteroatoms. The topological polar surface area (TPSA) is 61.8 Å². The van der Waals surface area contributed by atoms with Crippen LogP contribution in [0.4, 0.5) is 14.5 Å². The third kappa shape index (κ3) is 3.56. The van der Waals surface area contributed by atoms with E-state index in [4.69, 9.17) is 10.9 Å². The Hall–Kier alpha value is -1.85.